The van der Waals surface area contributed by atoms with Crippen molar-refractivity contribution in [3.05, 3.63) is 70.8 Å². The van der Waals surface area contributed by atoms with E-state index in [4.69, 9.17) is 4.74 Å². The third-order valence-corrected chi connectivity index (χ3v) is 5.73. The lowest BCUT2D eigenvalue weighted by atomic mass is 10.1. The number of carboxylic acids is 1. The van der Waals surface area contributed by atoms with E-state index >= 15 is 0 Å². The van der Waals surface area contributed by atoms with Crippen LogP contribution in [0.1, 0.15) is 58.9 Å². The number of alkyl carbamates (subject to hydrolysis) is 1. The van der Waals surface area contributed by atoms with Gasteiger partial charge in [-0.25, -0.2) is 9.59 Å². The van der Waals surface area contributed by atoms with Crippen molar-refractivity contribution in [1.29, 1.82) is 0 Å². The van der Waals surface area contributed by atoms with Crippen LogP contribution in [-0.2, 0) is 16.1 Å². The van der Waals surface area contributed by atoms with E-state index in [1.54, 1.807) is 0 Å². The Morgan fingerprint density at radius 1 is 1.00 bits per heavy atom. The first kappa shape index (κ1) is 27.6. The van der Waals surface area contributed by atoms with E-state index in [0.29, 0.717) is 5.75 Å². The predicted molar refractivity (Wildman–Crippen MR) is 134 cm³/mol. The zero-order valence-corrected chi connectivity index (χ0v) is 20.5. The van der Waals surface area contributed by atoms with E-state index in [-0.39, 0.29) is 12.4 Å². The monoisotopic (exact) mass is 459 g/mol. The highest BCUT2D eigenvalue weighted by molar-refractivity contribution is 7.99. The zero-order valence-electron chi connectivity index (χ0n) is 19.7. The van der Waals surface area contributed by atoms with Gasteiger partial charge in [-0.15, -0.1) is 0 Å². The van der Waals surface area contributed by atoms with Gasteiger partial charge in [0.15, 0.2) is 0 Å². The lowest BCUT2D eigenvalue weighted by Gasteiger charge is -2.14. The third-order valence-electron chi connectivity index (χ3n) is 4.76. The number of allylic oxidation sites excluding steroid dienone is 5. The van der Waals surface area contributed by atoms with E-state index in [0.717, 1.165) is 31.2 Å². The van der Waals surface area contributed by atoms with Crippen molar-refractivity contribution in [2.45, 2.75) is 66.0 Å². The standard InChI is InChI=1S/C26H37NO4S/c1-20(2)10-8-11-21(3)12-9-13-22(4)16-17-32-19-24(25(28)29)27-26(30)31-18-23-14-6-5-7-15-23/h5-7,10,12,14-16,24H,8-9,11,13,17-19H2,1-4H3,(H,27,30)(H,28,29)/b21-12+,22-16+. The number of rotatable bonds is 14. The van der Waals surface area contributed by atoms with Crippen LogP contribution in [0.3, 0.4) is 0 Å². The number of benzene rings is 1. The number of carbonyl (C=O) groups is 2. The Hall–Kier alpha value is -2.47. The second-order valence-corrected chi connectivity index (χ2v) is 9.17. The smallest absolute Gasteiger partial charge is 0.408 e. The minimum Gasteiger partial charge on any atom is -0.480 e. The average molecular weight is 460 g/mol. The topological polar surface area (TPSA) is 75.6 Å². The summed E-state index contributed by atoms with van der Waals surface area (Å²) in [4.78, 5) is 23.4. The molecule has 0 bridgehead atoms. The van der Waals surface area contributed by atoms with Crippen LogP contribution in [0.15, 0.2) is 65.3 Å². The van der Waals surface area contributed by atoms with E-state index < -0.39 is 18.1 Å². The summed E-state index contributed by atoms with van der Waals surface area (Å²) in [7, 11) is 0. The van der Waals surface area contributed by atoms with Crippen molar-refractivity contribution in [3.63, 3.8) is 0 Å². The minimum absolute atomic E-state index is 0.108. The summed E-state index contributed by atoms with van der Waals surface area (Å²) in [5, 5.41) is 11.8. The Kier molecular flexibility index (Phi) is 14.0. The van der Waals surface area contributed by atoms with Crippen LogP contribution in [-0.4, -0.2) is 34.7 Å². The molecule has 1 rings (SSSR count). The fourth-order valence-corrected chi connectivity index (χ4v) is 3.81. The summed E-state index contributed by atoms with van der Waals surface area (Å²) in [6.07, 6.45) is 10.2. The Labute approximate surface area is 197 Å². The molecule has 0 aliphatic carbocycles. The van der Waals surface area contributed by atoms with Crippen molar-refractivity contribution < 1.29 is 19.4 Å². The molecule has 5 nitrogen and oxygen atoms in total. The van der Waals surface area contributed by atoms with Crippen molar-refractivity contribution in [2.75, 3.05) is 11.5 Å². The van der Waals surface area contributed by atoms with E-state index in [1.165, 1.54) is 28.5 Å². The molecule has 1 aromatic rings. The van der Waals surface area contributed by atoms with Crippen molar-refractivity contribution in [2.24, 2.45) is 0 Å². The molecule has 1 unspecified atom stereocenters. The normalized spacial score (nSPS) is 12.8. The summed E-state index contributed by atoms with van der Waals surface area (Å²) in [5.74, 6) is -0.0775. The number of hydrogen-bond donors (Lipinski definition) is 2. The van der Waals surface area contributed by atoms with Gasteiger partial charge < -0.3 is 15.2 Å². The Bertz CT molecular complexity index is 795. The molecule has 0 saturated carbocycles. The third kappa shape index (κ3) is 13.8. The van der Waals surface area contributed by atoms with Crippen LogP contribution < -0.4 is 5.32 Å². The van der Waals surface area contributed by atoms with Gasteiger partial charge in [0, 0.05) is 11.5 Å². The Morgan fingerprint density at radius 3 is 2.25 bits per heavy atom. The van der Waals surface area contributed by atoms with Crippen molar-refractivity contribution in [3.8, 4) is 0 Å². The number of ether oxygens (including phenoxy) is 1. The summed E-state index contributed by atoms with van der Waals surface area (Å²) in [6, 6.07) is 8.28. The highest BCUT2D eigenvalue weighted by Gasteiger charge is 2.20. The van der Waals surface area contributed by atoms with Gasteiger partial charge >= 0.3 is 12.1 Å². The van der Waals surface area contributed by atoms with Gasteiger partial charge in [-0.1, -0.05) is 65.3 Å². The molecule has 6 heteroatoms. The highest BCUT2D eigenvalue weighted by Crippen LogP contribution is 2.13. The molecule has 0 saturated heterocycles. The van der Waals surface area contributed by atoms with Crippen LogP contribution in [0.25, 0.3) is 0 Å². The number of amides is 1. The molecule has 2 N–H and O–H groups in total. The van der Waals surface area contributed by atoms with Gasteiger partial charge in [-0.3, -0.25) is 0 Å². The van der Waals surface area contributed by atoms with Gasteiger partial charge in [0.1, 0.15) is 12.6 Å². The molecule has 1 amide bonds. The maximum Gasteiger partial charge on any atom is 0.408 e. The van der Waals surface area contributed by atoms with Gasteiger partial charge in [0.2, 0.25) is 0 Å². The first-order valence-electron chi connectivity index (χ1n) is 11.0. The molecule has 1 atom stereocenters. The average Bonchev–Trinajstić information content (AvgIpc) is 2.74. The number of hydrogen-bond acceptors (Lipinski definition) is 4. The molecular weight excluding hydrogens is 422 g/mol. The van der Waals surface area contributed by atoms with E-state index in [2.05, 4.69) is 51.2 Å². The molecule has 32 heavy (non-hydrogen) atoms. The minimum atomic E-state index is -1.07. The Morgan fingerprint density at radius 2 is 1.62 bits per heavy atom. The zero-order chi connectivity index (χ0) is 23.8. The van der Waals surface area contributed by atoms with Crippen molar-refractivity contribution >= 4 is 23.8 Å². The summed E-state index contributed by atoms with van der Waals surface area (Å²) in [5.41, 5.74) is 4.91. The molecule has 0 fully saturated rings. The fourth-order valence-electron chi connectivity index (χ4n) is 2.81. The van der Waals surface area contributed by atoms with E-state index in [1.807, 2.05) is 30.3 Å². The molecule has 0 spiro atoms. The van der Waals surface area contributed by atoms with Gasteiger partial charge in [0.05, 0.1) is 0 Å². The van der Waals surface area contributed by atoms with Crippen LogP contribution in [0, 0.1) is 0 Å². The van der Waals surface area contributed by atoms with Gasteiger partial charge in [-0.2, -0.15) is 11.8 Å². The molecule has 0 aromatic heterocycles. The first-order valence-corrected chi connectivity index (χ1v) is 12.2. The lowest BCUT2D eigenvalue weighted by Crippen LogP contribution is -2.42. The predicted octanol–water partition coefficient (Wildman–Crippen LogP) is 6.52. The second-order valence-electron chi connectivity index (χ2n) is 8.09. The van der Waals surface area contributed by atoms with Gasteiger partial charge in [0.25, 0.3) is 0 Å². The quantitative estimate of drug-likeness (QED) is 0.245. The summed E-state index contributed by atoms with van der Waals surface area (Å²) >= 11 is 1.48. The number of nitrogens with one attached hydrogen (secondary N) is 1. The number of thioether (sulfide) groups is 1. The molecule has 0 heterocycles. The lowest BCUT2D eigenvalue weighted by molar-refractivity contribution is -0.138. The SMILES string of the molecule is CC(C)=CCC/C(C)=C/CC/C(C)=C/CSCC(NC(=O)OCc1ccccc1)C(=O)O. The fraction of sp³-hybridized carbons (Fsp3) is 0.462. The van der Waals surface area contributed by atoms with Crippen LogP contribution in [0.4, 0.5) is 4.79 Å². The van der Waals surface area contributed by atoms with Gasteiger partial charge in [-0.05, 0) is 58.9 Å². The van der Waals surface area contributed by atoms with Crippen molar-refractivity contribution in [1.82, 2.24) is 5.32 Å². The number of aliphatic carboxylic acids is 1. The van der Waals surface area contributed by atoms with E-state index in [9.17, 15) is 14.7 Å². The summed E-state index contributed by atoms with van der Waals surface area (Å²) < 4.78 is 5.11. The number of carbonyl (C=O) groups excluding carboxylic acids is 1. The maximum absolute atomic E-state index is 11.9. The molecule has 176 valence electrons. The Balaban J connectivity index is 2.30. The second kappa shape index (κ2) is 16.2. The van der Waals surface area contributed by atoms with Crippen LogP contribution >= 0.6 is 11.8 Å². The van der Waals surface area contributed by atoms with Crippen LogP contribution in [0.2, 0.25) is 0 Å². The maximum atomic E-state index is 11.9. The summed E-state index contributed by atoms with van der Waals surface area (Å²) in [6.45, 7) is 8.63. The molecule has 0 radical (unpaired) electrons. The molecule has 0 aliphatic heterocycles. The first-order chi connectivity index (χ1) is 15.3. The van der Waals surface area contributed by atoms with Crippen LogP contribution in [0.5, 0.6) is 0 Å². The largest absolute Gasteiger partial charge is 0.480 e. The molecule has 1 aromatic carbocycles. The highest BCUT2D eigenvalue weighted by atomic mass is 32.2. The number of carboxylic acid groups (broad SMARTS) is 1. The molecule has 0 aliphatic rings. The molecular formula is C26H37NO4S.